The second-order valence-electron chi connectivity index (χ2n) is 5.33. The molecule has 1 N–H and O–H groups in total. The molecule has 1 aromatic carbocycles. The van der Waals surface area contributed by atoms with Gasteiger partial charge in [0.1, 0.15) is 0 Å². The van der Waals surface area contributed by atoms with Gasteiger partial charge in [0, 0.05) is 19.5 Å². The predicted molar refractivity (Wildman–Crippen MR) is 77.0 cm³/mol. The van der Waals surface area contributed by atoms with Gasteiger partial charge in [0.25, 0.3) is 0 Å². The molecule has 1 amide bonds. The summed E-state index contributed by atoms with van der Waals surface area (Å²) in [5.74, 6) is 0.175. The van der Waals surface area contributed by atoms with Crippen molar-refractivity contribution in [2.45, 2.75) is 25.6 Å². The maximum atomic E-state index is 12.6. The van der Waals surface area contributed by atoms with E-state index in [1.807, 2.05) is 0 Å². The summed E-state index contributed by atoms with van der Waals surface area (Å²) in [6.07, 6.45) is -2.56. The normalized spacial score (nSPS) is 15.3. The van der Waals surface area contributed by atoms with Gasteiger partial charge in [-0.05, 0) is 30.5 Å². The van der Waals surface area contributed by atoms with Crippen LogP contribution in [0.5, 0.6) is 0 Å². The SMILES string of the molecule is CN(NCc1ccc2nc(C(F)(F)F)sc2c1)C(=O)C1CC1. The van der Waals surface area contributed by atoms with E-state index >= 15 is 0 Å². The number of carbonyl (C=O) groups excluding carboxylic acids is 1. The molecule has 1 saturated carbocycles. The van der Waals surface area contributed by atoms with Crippen molar-refractivity contribution in [1.29, 1.82) is 0 Å². The number of hydrogen-bond acceptors (Lipinski definition) is 4. The van der Waals surface area contributed by atoms with Crippen LogP contribution >= 0.6 is 11.3 Å². The molecule has 0 aliphatic heterocycles. The van der Waals surface area contributed by atoms with Gasteiger partial charge in [-0.15, -0.1) is 11.3 Å². The maximum absolute atomic E-state index is 12.6. The number of nitrogens with zero attached hydrogens (tertiary/aromatic N) is 2. The summed E-state index contributed by atoms with van der Waals surface area (Å²) in [5.41, 5.74) is 4.11. The number of thiazole rings is 1. The van der Waals surface area contributed by atoms with E-state index in [2.05, 4.69) is 10.4 Å². The predicted octanol–water partition coefficient (Wildman–Crippen LogP) is 3.19. The van der Waals surface area contributed by atoms with Gasteiger partial charge in [0.2, 0.25) is 5.91 Å². The van der Waals surface area contributed by atoms with Gasteiger partial charge in [-0.3, -0.25) is 9.80 Å². The molecule has 118 valence electrons. The highest BCUT2D eigenvalue weighted by Crippen LogP contribution is 2.35. The summed E-state index contributed by atoms with van der Waals surface area (Å²) in [6, 6.07) is 4.95. The molecular formula is C14H14F3N3OS. The molecule has 0 radical (unpaired) electrons. The highest BCUT2D eigenvalue weighted by molar-refractivity contribution is 7.18. The Morgan fingerprint density at radius 3 is 2.82 bits per heavy atom. The van der Waals surface area contributed by atoms with Gasteiger partial charge in [0.15, 0.2) is 5.01 Å². The molecule has 1 aliphatic rings. The van der Waals surface area contributed by atoms with Gasteiger partial charge in [0.05, 0.1) is 10.2 Å². The number of benzene rings is 1. The summed E-state index contributed by atoms with van der Waals surface area (Å²) < 4.78 is 38.4. The van der Waals surface area contributed by atoms with Crippen LogP contribution in [0.3, 0.4) is 0 Å². The lowest BCUT2D eigenvalue weighted by molar-refractivity contribution is -0.137. The Balaban J connectivity index is 1.70. The van der Waals surface area contributed by atoms with Crippen LogP contribution in [0.15, 0.2) is 18.2 Å². The van der Waals surface area contributed by atoms with Crippen molar-refractivity contribution in [2.24, 2.45) is 5.92 Å². The Morgan fingerprint density at radius 1 is 1.45 bits per heavy atom. The summed E-state index contributed by atoms with van der Waals surface area (Å²) in [4.78, 5) is 15.4. The number of hydrogen-bond donors (Lipinski definition) is 1. The second-order valence-corrected chi connectivity index (χ2v) is 6.36. The number of hydrazine groups is 1. The molecule has 0 unspecified atom stereocenters. The molecule has 0 spiro atoms. The average molecular weight is 329 g/mol. The zero-order chi connectivity index (χ0) is 15.9. The zero-order valence-corrected chi connectivity index (χ0v) is 12.6. The lowest BCUT2D eigenvalue weighted by atomic mass is 10.2. The number of amides is 1. The largest absolute Gasteiger partial charge is 0.443 e. The molecule has 22 heavy (non-hydrogen) atoms. The van der Waals surface area contributed by atoms with Crippen LogP contribution in [0.2, 0.25) is 0 Å². The van der Waals surface area contributed by atoms with E-state index in [1.54, 1.807) is 25.2 Å². The molecule has 3 rings (SSSR count). The van der Waals surface area contributed by atoms with Crippen molar-refractivity contribution in [3.63, 3.8) is 0 Å². The minimum absolute atomic E-state index is 0.0539. The third-order valence-corrected chi connectivity index (χ3v) is 4.54. The number of alkyl halides is 3. The molecular weight excluding hydrogens is 315 g/mol. The zero-order valence-electron chi connectivity index (χ0n) is 11.8. The summed E-state index contributed by atoms with van der Waals surface area (Å²) in [5, 5.41) is 0.615. The van der Waals surface area contributed by atoms with Crippen molar-refractivity contribution >= 4 is 27.5 Å². The smallest absolute Gasteiger partial charge is 0.281 e. The number of rotatable bonds is 4. The fourth-order valence-electron chi connectivity index (χ4n) is 2.09. The van der Waals surface area contributed by atoms with Gasteiger partial charge >= 0.3 is 6.18 Å². The minimum Gasteiger partial charge on any atom is -0.281 e. The Kier molecular flexibility index (Phi) is 3.82. The Labute approximate surface area is 128 Å². The first-order valence-electron chi connectivity index (χ1n) is 6.82. The van der Waals surface area contributed by atoms with E-state index in [4.69, 9.17) is 0 Å². The third kappa shape index (κ3) is 3.22. The fraction of sp³-hybridized carbons (Fsp3) is 0.429. The van der Waals surface area contributed by atoms with E-state index in [0.717, 1.165) is 18.4 Å². The van der Waals surface area contributed by atoms with Crippen molar-refractivity contribution in [2.75, 3.05) is 7.05 Å². The standard InChI is InChI=1S/C14H14F3N3OS/c1-20(12(21)9-3-4-9)18-7-8-2-5-10-11(6-8)22-13(19-10)14(15,16)17/h2,5-6,9,18H,3-4,7H2,1H3. The lowest BCUT2D eigenvalue weighted by Crippen LogP contribution is -2.39. The van der Waals surface area contributed by atoms with Crippen molar-refractivity contribution < 1.29 is 18.0 Å². The molecule has 0 bridgehead atoms. The monoisotopic (exact) mass is 329 g/mol. The first-order chi connectivity index (χ1) is 10.3. The minimum atomic E-state index is -4.42. The molecule has 1 heterocycles. The average Bonchev–Trinajstić information content (AvgIpc) is 3.21. The Morgan fingerprint density at radius 2 is 2.18 bits per heavy atom. The second kappa shape index (κ2) is 5.51. The van der Waals surface area contributed by atoms with Crippen LogP contribution < -0.4 is 5.43 Å². The highest BCUT2D eigenvalue weighted by atomic mass is 32.1. The highest BCUT2D eigenvalue weighted by Gasteiger charge is 2.35. The van der Waals surface area contributed by atoms with Crippen molar-refractivity contribution in [3.05, 3.63) is 28.8 Å². The van der Waals surface area contributed by atoms with Crippen LogP contribution in [0.1, 0.15) is 23.4 Å². The summed E-state index contributed by atoms with van der Waals surface area (Å²) in [6.45, 7) is 0.379. The first-order valence-corrected chi connectivity index (χ1v) is 7.64. The Bertz CT molecular complexity index is 709. The van der Waals surface area contributed by atoms with Crippen LogP contribution in [0, 0.1) is 5.92 Å². The number of fused-ring (bicyclic) bond motifs is 1. The molecule has 0 atom stereocenters. The van der Waals surface area contributed by atoms with Gasteiger partial charge < -0.3 is 0 Å². The molecule has 1 aromatic heterocycles. The fourth-order valence-corrected chi connectivity index (χ4v) is 2.99. The van der Waals surface area contributed by atoms with Crippen LogP contribution in [-0.2, 0) is 17.5 Å². The topological polar surface area (TPSA) is 45.2 Å². The van der Waals surface area contributed by atoms with E-state index in [-0.39, 0.29) is 11.8 Å². The van der Waals surface area contributed by atoms with Crippen LogP contribution in [-0.4, -0.2) is 22.9 Å². The lowest BCUT2D eigenvalue weighted by Gasteiger charge is -2.18. The van der Waals surface area contributed by atoms with E-state index in [1.165, 1.54) is 5.01 Å². The first kappa shape index (κ1) is 15.2. The van der Waals surface area contributed by atoms with Gasteiger partial charge in [-0.2, -0.15) is 13.2 Å². The van der Waals surface area contributed by atoms with Gasteiger partial charge in [-0.25, -0.2) is 10.4 Å². The number of halogens is 3. The summed E-state index contributed by atoms with van der Waals surface area (Å²) in [7, 11) is 1.66. The van der Waals surface area contributed by atoms with E-state index in [9.17, 15) is 18.0 Å². The number of nitrogens with one attached hydrogen (secondary N) is 1. The molecule has 4 nitrogen and oxygen atoms in total. The molecule has 0 saturated heterocycles. The molecule has 2 aromatic rings. The number of aromatic nitrogens is 1. The number of carbonyl (C=O) groups is 1. The van der Waals surface area contributed by atoms with E-state index in [0.29, 0.717) is 28.1 Å². The van der Waals surface area contributed by atoms with Crippen LogP contribution in [0.25, 0.3) is 10.2 Å². The summed E-state index contributed by atoms with van der Waals surface area (Å²) >= 11 is 0.629. The van der Waals surface area contributed by atoms with Crippen LogP contribution in [0.4, 0.5) is 13.2 Å². The van der Waals surface area contributed by atoms with Crippen molar-refractivity contribution in [3.8, 4) is 0 Å². The Hall–Kier alpha value is -1.67. The maximum Gasteiger partial charge on any atom is 0.443 e. The van der Waals surface area contributed by atoms with Crippen molar-refractivity contribution in [1.82, 2.24) is 15.4 Å². The third-order valence-electron chi connectivity index (χ3n) is 3.47. The quantitative estimate of drug-likeness (QED) is 0.876. The molecule has 1 fully saturated rings. The molecule has 8 heteroatoms. The van der Waals surface area contributed by atoms with Gasteiger partial charge in [-0.1, -0.05) is 6.07 Å². The van der Waals surface area contributed by atoms with E-state index < -0.39 is 11.2 Å². The molecule has 1 aliphatic carbocycles.